The molecule has 0 aromatic carbocycles. The van der Waals surface area contributed by atoms with Crippen LogP contribution in [-0.4, -0.2) is 39.2 Å². The highest BCUT2D eigenvalue weighted by Crippen LogP contribution is 2.39. The third-order valence-electron chi connectivity index (χ3n) is 6.64. The minimum atomic E-state index is 0.504. The van der Waals surface area contributed by atoms with Crippen LogP contribution in [0, 0.1) is 0 Å². The van der Waals surface area contributed by atoms with Crippen LogP contribution in [0.15, 0.2) is 85.7 Å². The molecular weight excluding hydrogens is 496 g/mol. The van der Waals surface area contributed by atoms with Gasteiger partial charge in [0, 0.05) is 59.9 Å². The molecule has 0 radical (unpaired) electrons. The second-order valence-corrected chi connectivity index (χ2v) is 9.83. The monoisotopic (exact) mass is 522 g/mol. The Morgan fingerprint density at radius 3 is 1.82 bits per heavy atom. The van der Waals surface area contributed by atoms with E-state index in [0.717, 1.165) is 42.7 Å². The van der Waals surface area contributed by atoms with E-state index in [-0.39, 0.29) is 0 Å². The molecule has 0 unspecified atom stereocenters. The average molecular weight is 523 g/mol. The highest BCUT2D eigenvalue weighted by Gasteiger charge is 2.26. The molecule has 7 rings (SSSR count). The summed E-state index contributed by atoms with van der Waals surface area (Å²) in [5, 5.41) is 9.15. The largest absolute Gasteiger partial charge is 0.264 e. The van der Waals surface area contributed by atoms with Gasteiger partial charge in [-0.3, -0.25) is 9.97 Å². The lowest BCUT2D eigenvalue weighted by molar-refractivity contribution is 0.796. The Kier molecular flexibility index (Phi) is 7.04. The second-order valence-electron chi connectivity index (χ2n) is 9.44. The smallest absolute Gasteiger partial charge is 0.156 e. The third-order valence-corrected chi connectivity index (χ3v) is 6.83. The van der Waals surface area contributed by atoms with Crippen LogP contribution in [0.1, 0.15) is 47.0 Å². The summed E-state index contributed by atoms with van der Waals surface area (Å²) in [6, 6.07) is 16.0. The van der Waals surface area contributed by atoms with Crippen molar-refractivity contribution in [2.24, 2.45) is 0 Å². The van der Waals surface area contributed by atoms with Crippen molar-refractivity contribution in [1.29, 1.82) is 0 Å². The Hall–Kier alpha value is -4.17. The van der Waals surface area contributed by atoms with E-state index in [1.54, 1.807) is 12.4 Å². The van der Waals surface area contributed by atoms with Crippen molar-refractivity contribution in [2.45, 2.75) is 44.4 Å². The fourth-order valence-electron chi connectivity index (χ4n) is 4.52. The summed E-state index contributed by atoms with van der Waals surface area (Å²) in [6.07, 6.45) is 17.2. The molecular formula is C29H27ClN8. The van der Waals surface area contributed by atoms with Crippen LogP contribution in [0.5, 0.6) is 0 Å². The Morgan fingerprint density at radius 2 is 1.26 bits per heavy atom. The number of fused-ring (bicyclic) bond motifs is 2. The van der Waals surface area contributed by atoms with Crippen LogP contribution in [0.2, 0.25) is 5.15 Å². The lowest BCUT2D eigenvalue weighted by Gasteiger charge is -2.07. The predicted octanol–water partition coefficient (Wildman–Crippen LogP) is 5.35. The van der Waals surface area contributed by atoms with Gasteiger partial charge in [0.2, 0.25) is 0 Å². The summed E-state index contributed by atoms with van der Waals surface area (Å²) in [6.45, 7) is 0. The van der Waals surface area contributed by atoms with Gasteiger partial charge in [0.1, 0.15) is 5.15 Å². The topological polar surface area (TPSA) is 86.2 Å². The normalized spacial score (nSPS) is 13.0. The van der Waals surface area contributed by atoms with Gasteiger partial charge in [0.15, 0.2) is 11.3 Å². The SMILES string of the molecule is Clc1cc(CCc2cccnc2)n2nccc2n1.c1cncc(CCc2cc(C3CC3)nc3ccnn23)c1. The molecule has 1 fully saturated rings. The zero-order valence-corrected chi connectivity index (χ0v) is 21.6. The van der Waals surface area contributed by atoms with Gasteiger partial charge in [-0.1, -0.05) is 23.7 Å². The van der Waals surface area contributed by atoms with Crippen LogP contribution >= 0.6 is 11.6 Å². The average Bonchev–Trinajstić information content (AvgIpc) is 3.50. The summed E-state index contributed by atoms with van der Waals surface area (Å²) in [5.74, 6) is 0.673. The third kappa shape index (κ3) is 5.70. The van der Waals surface area contributed by atoms with Crippen molar-refractivity contribution in [3.63, 3.8) is 0 Å². The maximum atomic E-state index is 6.00. The quantitative estimate of drug-likeness (QED) is 0.263. The van der Waals surface area contributed by atoms with E-state index in [4.69, 9.17) is 16.6 Å². The van der Waals surface area contributed by atoms with Crippen molar-refractivity contribution in [3.8, 4) is 0 Å². The van der Waals surface area contributed by atoms with Gasteiger partial charge in [0.05, 0.1) is 12.4 Å². The predicted molar refractivity (Wildman–Crippen MR) is 146 cm³/mol. The molecule has 0 spiro atoms. The number of nitrogens with zero attached hydrogens (tertiary/aromatic N) is 8. The van der Waals surface area contributed by atoms with E-state index in [0.29, 0.717) is 11.1 Å². The molecule has 6 aromatic heterocycles. The van der Waals surface area contributed by atoms with Gasteiger partial charge in [0.25, 0.3) is 0 Å². The second kappa shape index (κ2) is 11.1. The summed E-state index contributed by atoms with van der Waals surface area (Å²) >= 11 is 6.00. The number of hydrogen-bond donors (Lipinski definition) is 0. The number of halogens is 1. The molecule has 0 aliphatic heterocycles. The van der Waals surface area contributed by atoms with Gasteiger partial charge in [-0.05, 0) is 73.9 Å². The van der Waals surface area contributed by atoms with Crippen LogP contribution in [-0.2, 0) is 25.7 Å². The molecule has 1 aliphatic carbocycles. The van der Waals surface area contributed by atoms with Crippen LogP contribution in [0.4, 0.5) is 0 Å². The molecule has 6 heterocycles. The van der Waals surface area contributed by atoms with Crippen molar-refractivity contribution < 1.29 is 0 Å². The van der Waals surface area contributed by atoms with Gasteiger partial charge >= 0.3 is 0 Å². The minimum Gasteiger partial charge on any atom is -0.264 e. The first kappa shape index (κ1) is 24.2. The Balaban J connectivity index is 0.000000140. The van der Waals surface area contributed by atoms with E-state index in [2.05, 4.69) is 43.3 Å². The number of pyridine rings is 2. The molecule has 8 nitrogen and oxygen atoms in total. The summed E-state index contributed by atoms with van der Waals surface area (Å²) in [7, 11) is 0. The molecule has 9 heteroatoms. The van der Waals surface area contributed by atoms with Gasteiger partial charge < -0.3 is 0 Å². The van der Waals surface area contributed by atoms with Gasteiger partial charge in [-0.2, -0.15) is 10.2 Å². The maximum absolute atomic E-state index is 6.00. The fraction of sp³-hybridized carbons (Fsp3) is 0.241. The van der Waals surface area contributed by atoms with Crippen molar-refractivity contribution >= 4 is 22.9 Å². The zero-order valence-electron chi connectivity index (χ0n) is 20.9. The zero-order chi connectivity index (χ0) is 25.7. The van der Waals surface area contributed by atoms with Crippen LogP contribution in [0.3, 0.4) is 0 Å². The van der Waals surface area contributed by atoms with E-state index in [9.17, 15) is 0 Å². The van der Waals surface area contributed by atoms with E-state index >= 15 is 0 Å². The van der Waals surface area contributed by atoms with Crippen molar-refractivity contribution in [2.75, 3.05) is 0 Å². The first-order chi connectivity index (χ1) is 18.7. The molecule has 1 aliphatic rings. The molecule has 0 atom stereocenters. The molecule has 190 valence electrons. The molecule has 0 saturated heterocycles. The molecule has 38 heavy (non-hydrogen) atoms. The number of rotatable bonds is 7. The molecule has 0 N–H and O–H groups in total. The van der Waals surface area contributed by atoms with Gasteiger partial charge in [-0.15, -0.1) is 0 Å². The number of hydrogen-bond acceptors (Lipinski definition) is 6. The van der Waals surface area contributed by atoms with Crippen LogP contribution < -0.4 is 0 Å². The van der Waals surface area contributed by atoms with E-state index in [1.165, 1.54) is 35.4 Å². The van der Waals surface area contributed by atoms with E-state index in [1.807, 2.05) is 64.2 Å². The lowest BCUT2D eigenvalue weighted by atomic mass is 10.1. The van der Waals surface area contributed by atoms with Crippen molar-refractivity contribution in [3.05, 3.63) is 119 Å². The number of aromatic nitrogens is 8. The van der Waals surface area contributed by atoms with Crippen LogP contribution in [0.25, 0.3) is 11.3 Å². The van der Waals surface area contributed by atoms with Gasteiger partial charge in [-0.25, -0.2) is 19.0 Å². The Labute approximate surface area is 225 Å². The highest BCUT2D eigenvalue weighted by atomic mass is 35.5. The highest BCUT2D eigenvalue weighted by molar-refractivity contribution is 6.29. The maximum Gasteiger partial charge on any atom is 0.156 e. The first-order valence-electron chi connectivity index (χ1n) is 12.8. The standard InChI is InChI=1S/C16H16N4.C13H11ClN4/c1-2-12(11-17-8-1)3-6-14-10-15(13-4-5-13)19-16-7-9-18-20(14)16;14-12-8-11(18-13(17-12)5-7-16-18)4-3-10-2-1-6-15-9-10/h1-2,7-11,13H,3-6H2;1-2,5-9H,3-4H2. The number of aryl methyl sites for hydroxylation is 4. The molecule has 1 saturated carbocycles. The lowest BCUT2D eigenvalue weighted by Crippen LogP contribution is -2.04. The van der Waals surface area contributed by atoms with Crippen molar-refractivity contribution in [1.82, 2.24) is 39.2 Å². The first-order valence-corrected chi connectivity index (χ1v) is 13.2. The summed E-state index contributed by atoms with van der Waals surface area (Å²) in [5.41, 5.74) is 7.74. The molecule has 0 amide bonds. The van der Waals surface area contributed by atoms with E-state index < -0.39 is 0 Å². The molecule has 0 bridgehead atoms. The summed E-state index contributed by atoms with van der Waals surface area (Å²) < 4.78 is 3.78. The summed E-state index contributed by atoms with van der Waals surface area (Å²) in [4.78, 5) is 17.2. The molecule has 6 aromatic rings. The Bertz CT molecular complexity index is 1640. The Morgan fingerprint density at radius 1 is 0.684 bits per heavy atom. The fourth-order valence-corrected chi connectivity index (χ4v) is 4.74. The minimum absolute atomic E-state index is 0.504.